The number of ether oxygens (including phenoxy) is 2. The van der Waals surface area contributed by atoms with Crippen LogP contribution in [0.2, 0.25) is 0 Å². The Morgan fingerprint density at radius 2 is 1.91 bits per heavy atom. The molecule has 4 rings (SSSR count). The van der Waals surface area contributed by atoms with Gasteiger partial charge in [0.25, 0.3) is 5.19 Å². The van der Waals surface area contributed by atoms with Gasteiger partial charge in [0.05, 0.1) is 22.5 Å². The quantitative estimate of drug-likeness (QED) is 0.515. The lowest BCUT2D eigenvalue weighted by atomic mass is 10.1. The number of methoxy groups -OCH3 is 1. The zero-order valence-electron chi connectivity index (χ0n) is 17.5. The summed E-state index contributed by atoms with van der Waals surface area (Å²) in [6, 6.07) is 10.9. The van der Waals surface area contributed by atoms with E-state index >= 15 is 0 Å². The third kappa shape index (κ3) is 5.02. The number of nitrogens with zero attached hydrogens (tertiary/aromatic N) is 2. The molecule has 1 aromatic heterocycles. The Bertz CT molecular complexity index is 1200. The molecule has 32 heavy (non-hydrogen) atoms. The van der Waals surface area contributed by atoms with Gasteiger partial charge < -0.3 is 14.4 Å². The van der Waals surface area contributed by atoms with Gasteiger partial charge in [0.1, 0.15) is 23.2 Å². The molecule has 0 radical (unpaired) electrons. The van der Waals surface area contributed by atoms with Crippen molar-refractivity contribution in [2.75, 3.05) is 26.0 Å². The summed E-state index contributed by atoms with van der Waals surface area (Å²) < 4.78 is 50.5. The fourth-order valence-electron chi connectivity index (χ4n) is 3.59. The summed E-state index contributed by atoms with van der Waals surface area (Å²) in [7, 11) is -2.04. The van der Waals surface area contributed by atoms with Crippen molar-refractivity contribution in [2.45, 2.75) is 30.3 Å². The minimum Gasteiger partial charge on any atom is -0.497 e. The fraction of sp³-hybridized carbons (Fsp3) is 0.364. The van der Waals surface area contributed by atoms with Gasteiger partial charge in [-0.2, -0.15) is 4.98 Å². The van der Waals surface area contributed by atoms with Crippen molar-refractivity contribution in [3.05, 3.63) is 48.3 Å². The highest BCUT2D eigenvalue weighted by Gasteiger charge is 2.26. The second kappa shape index (κ2) is 9.41. The van der Waals surface area contributed by atoms with Gasteiger partial charge in [0, 0.05) is 32.4 Å². The molecule has 10 heteroatoms. The van der Waals surface area contributed by atoms with Crippen LogP contribution in [0.25, 0.3) is 10.2 Å². The van der Waals surface area contributed by atoms with Gasteiger partial charge in [-0.25, -0.2) is 12.8 Å². The predicted octanol–water partition coefficient (Wildman–Crippen LogP) is 3.68. The predicted molar refractivity (Wildman–Crippen MR) is 119 cm³/mol. The number of amides is 1. The molecule has 1 fully saturated rings. The van der Waals surface area contributed by atoms with Crippen molar-refractivity contribution in [3.63, 3.8) is 0 Å². The number of sulfone groups is 1. The highest BCUT2D eigenvalue weighted by atomic mass is 32.2. The van der Waals surface area contributed by atoms with Gasteiger partial charge in [-0.1, -0.05) is 17.4 Å². The van der Waals surface area contributed by atoms with E-state index in [1.54, 1.807) is 29.2 Å². The normalized spacial score (nSPS) is 15.1. The van der Waals surface area contributed by atoms with Crippen molar-refractivity contribution >= 4 is 37.3 Å². The first-order valence-electron chi connectivity index (χ1n) is 10.2. The Balaban J connectivity index is 1.27. The number of fused-ring (bicyclic) bond motifs is 1. The Morgan fingerprint density at radius 1 is 1.19 bits per heavy atom. The Morgan fingerprint density at radius 3 is 2.56 bits per heavy atom. The Kier molecular flexibility index (Phi) is 6.61. The topological polar surface area (TPSA) is 85.8 Å². The van der Waals surface area contributed by atoms with Crippen LogP contribution in [0.4, 0.5) is 4.39 Å². The van der Waals surface area contributed by atoms with Gasteiger partial charge in [-0.15, -0.1) is 0 Å². The summed E-state index contributed by atoms with van der Waals surface area (Å²) in [5.74, 6) is -0.242. The standard InChI is InChI=1S/C22H23FN2O5S2/c1-29-15-5-7-17(8-6-15)32(27,28)14-11-20(26)25-12-9-16(10-13-25)30-22-24-21-18(23)3-2-4-19(21)31-22/h2-8,16H,9-14H2,1H3. The van der Waals surface area contributed by atoms with E-state index in [0.717, 1.165) is 4.70 Å². The summed E-state index contributed by atoms with van der Waals surface area (Å²) in [6.45, 7) is 0.955. The van der Waals surface area contributed by atoms with Crippen LogP contribution in [0.15, 0.2) is 47.4 Å². The third-order valence-electron chi connectivity index (χ3n) is 5.42. The van der Waals surface area contributed by atoms with Crippen LogP contribution in [0.1, 0.15) is 19.3 Å². The summed E-state index contributed by atoms with van der Waals surface area (Å²) in [5.41, 5.74) is 0.304. The van der Waals surface area contributed by atoms with E-state index in [9.17, 15) is 17.6 Å². The number of benzene rings is 2. The molecule has 2 aromatic carbocycles. The van der Waals surface area contributed by atoms with Crippen LogP contribution in [0.3, 0.4) is 0 Å². The number of halogens is 1. The van der Waals surface area contributed by atoms with Gasteiger partial charge >= 0.3 is 0 Å². The first-order chi connectivity index (χ1) is 15.4. The van der Waals surface area contributed by atoms with Gasteiger partial charge in [-0.3, -0.25) is 4.79 Å². The fourth-order valence-corrected chi connectivity index (χ4v) is 5.72. The van der Waals surface area contributed by atoms with Crippen LogP contribution in [-0.2, 0) is 14.6 Å². The molecule has 0 aliphatic carbocycles. The van der Waals surface area contributed by atoms with Gasteiger partial charge in [0.15, 0.2) is 9.84 Å². The Hall–Kier alpha value is -2.72. The molecule has 7 nitrogen and oxygen atoms in total. The number of carbonyl (C=O) groups excluding carboxylic acids is 1. The maximum Gasteiger partial charge on any atom is 0.274 e. The summed E-state index contributed by atoms with van der Waals surface area (Å²) in [4.78, 5) is 18.6. The lowest BCUT2D eigenvalue weighted by molar-refractivity contribution is -0.132. The first kappa shape index (κ1) is 22.5. The zero-order valence-corrected chi connectivity index (χ0v) is 19.1. The van der Waals surface area contributed by atoms with Crippen LogP contribution < -0.4 is 9.47 Å². The third-order valence-corrected chi connectivity index (χ3v) is 8.06. The van der Waals surface area contributed by atoms with Crippen molar-refractivity contribution in [2.24, 2.45) is 0 Å². The van der Waals surface area contributed by atoms with Crippen LogP contribution in [0, 0.1) is 5.82 Å². The van der Waals surface area contributed by atoms with E-state index in [4.69, 9.17) is 9.47 Å². The van der Waals surface area contributed by atoms with Crippen LogP contribution in [-0.4, -0.2) is 56.3 Å². The molecular weight excluding hydrogens is 455 g/mol. The number of likely N-dealkylation sites (tertiary alicyclic amines) is 1. The maximum atomic E-state index is 13.8. The lowest BCUT2D eigenvalue weighted by Crippen LogP contribution is -2.42. The number of aromatic nitrogens is 1. The monoisotopic (exact) mass is 478 g/mol. The van der Waals surface area contributed by atoms with Crippen LogP contribution in [0.5, 0.6) is 10.9 Å². The zero-order chi connectivity index (χ0) is 22.7. The van der Waals surface area contributed by atoms with E-state index in [1.165, 1.54) is 36.6 Å². The number of para-hydroxylation sites is 1. The molecule has 3 aromatic rings. The molecule has 0 bridgehead atoms. The van der Waals surface area contributed by atoms with Crippen molar-refractivity contribution in [1.29, 1.82) is 0 Å². The van der Waals surface area contributed by atoms with E-state index in [-0.39, 0.29) is 34.9 Å². The van der Waals surface area contributed by atoms with Crippen molar-refractivity contribution < 1.29 is 27.1 Å². The average molecular weight is 479 g/mol. The molecule has 1 aliphatic heterocycles. The second-order valence-electron chi connectivity index (χ2n) is 7.51. The molecule has 0 saturated carbocycles. The molecule has 170 valence electrons. The molecule has 0 atom stereocenters. The van der Waals surface area contributed by atoms with Crippen LogP contribution >= 0.6 is 11.3 Å². The van der Waals surface area contributed by atoms with Gasteiger partial charge in [-0.05, 0) is 36.4 Å². The summed E-state index contributed by atoms with van der Waals surface area (Å²) in [6.07, 6.45) is 1.02. The van der Waals surface area contributed by atoms with Crippen molar-refractivity contribution in [1.82, 2.24) is 9.88 Å². The molecule has 1 aliphatic rings. The SMILES string of the molecule is COc1ccc(S(=O)(=O)CCC(=O)N2CCC(Oc3nc4c(F)cccc4s3)CC2)cc1. The Labute approximate surface area is 189 Å². The molecule has 1 saturated heterocycles. The molecule has 0 spiro atoms. The minimum atomic E-state index is -3.55. The number of thiazole rings is 1. The summed E-state index contributed by atoms with van der Waals surface area (Å²) in [5, 5.41) is 0.417. The first-order valence-corrected chi connectivity index (χ1v) is 12.7. The minimum absolute atomic E-state index is 0.0724. The van der Waals surface area contributed by atoms with E-state index < -0.39 is 9.84 Å². The van der Waals surface area contributed by atoms with E-state index in [0.29, 0.717) is 42.4 Å². The lowest BCUT2D eigenvalue weighted by Gasteiger charge is -2.31. The number of carbonyl (C=O) groups is 1. The van der Waals surface area contributed by atoms with Crippen molar-refractivity contribution in [3.8, 4) is 10.9 Å². The average Bonchev–Trinajstić information content (AvgIpc) is 3.22. The second-order valence-corrected chi connectivity index (χ2v) is 10.6. The van der Waals surface area contributed by atoms with Gasteiger partial charge in [0.2, 0.25) is 5.91 Å². The molecule has 2 heterocycles. The highest BCUT2D eigenvalue weighted by Crippen LogP contribution is 2.31. The largest absolute Gasteiger partial charge is 0.497 e. The number of hydrogen-bond acceptors (Lipinski definition) is 7. The van der Waals surface area contributed by atoms with E-state index in [2.05, 4.69) is 4.98 Å². The molecule has 1 amide bonds. The molecule has 0 unspecified atom stereocenters. The summed E-state index contributed by atoms with van der Waals surface area (Å²) >= 11 is 1.29. The number of hydrogen-bond donors (Lipinski definition) is 0. The molecular formula is C22H23FN2O5S2. The highest BCUT2D eigenvalue weighted by molar-refractivity contribution is 7.91. The number of rotatable bonds is 7. The number of piperidine rings is 1. The maximum absolute atomic E-state index is 13.8. The molecule has 0 N–H and O–H groups in total. The van der Waals surface area contributed by atoms with E-state index in [1.807, 2.05) is 0 Å². The smallest absolute Gasteiger partial charge is 0.274 e.